The highest BCUT2D eigenvalue weighted by Crippen LogP contribution is 1.79. The molecule has 0 radical (unpaired) electrons. The fraction of sp³-hybridized carbons (Fsp3) is 0.714. The fourth-order valence-electron chi connectivity index (χ4n) is 0.752. The van der Waals surface area contributed by atoms with Crippen molar-refractivity contribution in [3.05, 3.63) is 0 Å². The van der Waals surface area contributed by atoms with Crippen LogP contribution in [-0.2, 0) is 14.8 Å². The Balaban J connectivity index is 3.64. The van der Waals surface area contributed by atoms with Gasteiger partial charge in [-0.05, 0) is 0 Å². The summed E-state index contributed by atoms with van der Waals surface area (Å²) in [7, 11) is -3.30. The molecule has 0 spiro atoms. The van der Waals surface area contributed by atoms with Crippen LogP contribution in [0.4, 0.5) is 4.79 Å². The molecule has 9 nitrogen and oxygen atoms in total. The highest BCUT2D eigenvalue weighted by Gasteiger charge is 2.13. The zero-order valence-electron chi connectivity index (χ0n) is 9.13. The van der Waals surface area contributed by atoms with E-state index < -0.39 is 34.7 Å². The highest BCUT2D eigenvalue weighted by molar-refractivity contribution is 7.88. The number of carbonyl (C=O) groups excluding carboxylic acids is 1. The Morgan fingerprint density at radius 1 is 1.24 bits per heavy atom. The van der Waals surface area contributed by atoms with E-state index in [0.717, 1.165) is 6.26 Å². The molecule has 0 aromatic rings. The molecular weight excluding hydrogens is 254 g/mol. The van der Waals surface area contributed by atoms with Gasteiger partial charge in [-0.15, -0.1) is 0 Å². The minimum Gasteiger partial charge on any atom is -0.479 e. The lowest BCUT2D eigenvalue weighted by atomic mass is 10.4. The van der Waals surface area contributed by atoms with Crippen LogP contribution in [0.1, 0.15) is 0 Å². The van der Waals surface area contributed by atoms with Gasteiger partial charge in [0.1, 0.15) is 0 Å². The largest absolute Gasteiger partial charge is 0.479 e. The fourth-order valence-corrected chi connectivity index (χ4v) is 1.22. The summed E-state index contributed by atoms with van der Waals surface area (Å²) in [4.78, 5) is 21.2. The van der Waals surface area contributed by atoms with Crippen LogP contribution in [0.2, 0.25) is 0 Å². The Morgan fingerprint density at radius 3 is 2.29 bits per heavy atom. The molecule has 0 rings (SSSR count). The number of aliphatic hydroxyl groups excluding tert-OH is 1. The van der Waals surface area contributed by atoms with Gasteiger partial charge < -0.3 is 20.8 Å². The molecule has 0 saturated carbocycles. The third-order valence-corrected chi connectivity index (χ3v) is 2.24. The minimum absolute atomic E-state index is 0.0216. The van der Waals surface area contributed by atoms with Gasteiger partial charge in [0.05, 0.1) is 12.8 Å². The van der Waals surface area contributed by atoms with Crippen molar-refractivity contribution in [2.24, 2.45) is 0 Å². The molecule has 0 fully saturated rings. The van der Waals surface area contributed by atoms with E-state index in [1.165, 1.54) is 0 Å². The molecule has 0 heterocycles. The summed E-state index contributed by atoms with van der Waals surface area (Å²) in [5, 5.41) is 21.5. The summed E-state index contributed by atoms with van der Waals surface area (Å²) in [6.45, 7) is -0.365. The Kier molecular flexibility index (Phi) is 6.46. The molecule has 2 amide bonds. The van der Waals surface area contributed by atoms with Gasteiger partial charge in [0.15, 0.2) is 6.10 Å². The van der Waals surface area contributed by atoms with Crippen molar-refractivity contribution in [1.82, 2.24) is 15.4 Å². The smallest absolute Gasteiger partial charge is 0.334 e. The molecule has 0 unspecified atom stereocenters. The van der Waals surface area contributed by atoms with Gasteiger partial charge in [0.2, 0.25) is 10.0 Å². The van der Waals surface area contributed by atoms with Crippen molar-refractivity contribution < 1.29 is 28.2 Å². The number of hydrogen-bond acceptors (Lipinski definition) is 5. The zero-order valence-corrected chi connectivity index (χ0v) is 9.95. The number of nitrogens with one attached hydrogen (secondary N) is 3. The summed E-state index contributed by atoms with van der Waals surface area (Å²) < 4.78 is 23.4. The highest BCUT2D eigenvalue weighted by atomic mass is 32.2. The lowest BCUT2D eigenvalue weighted by molar-refractivity contribution is -0.146. The molecule has 5 N–H and O–H groups in total. The number of rotatable bonds is 7. The first kappa shape index (κ1) is 15.6. The van der Waals surface area contributed by atoms with Crippen LogP contribution >= 0.6 is 0 Å². The molecule has 100 valence electrons. The second-order valence-corrected chi connectivity index (χ2v) is 4.99. The van der Waals surface area contributed by atoms with Crippen molar-refractivity contribution in [2.45, 2.75) is 6.10 Å². The third-order valence-electron chi connectivity index (χ3n) is 1.52. The number of sulfonamides is 1. The maximum Gasteiger partial charge on any atom is 0.334 e. The Hall–Kier alpha value is -1.39. The lowest BCUT2D eigenvalue weighted by Crippen LogP contribution is -2.44. The second-order valence-electron chi connectivity index (χ2n) is 3.16. The van der Waals surface area contributed by atoms with Gasteiger partial charge in [-0.25, -0.2) is 22.7 Å². The van der Waals surface area contributed by atoms with E-state index in [0.29, 0.717) is 0 Å². The molecule has 1 atom stereocenters. The summed E-state index contributed by atoms with van der Waals surface area (Å²) in [6, 6.07) is -0.694. The van der Waals surface area contributed by atoms with E-state index in [9.17, 15) is 18.0 Å². The Bertz CT molecular complexity index is 368. The SMILES string of the molecule is CS(=O)(=O)NCCNC(=O)NC[C@H](O)C(=O)O. The van der Waals surface area contributed by atoms with Crippen molar-refractivity contribution >= 4 is 22.0 Å². The predicted octanol–water partition coefficient (Wildman–Crippen LogP) is -2.72. The van der Waals surface area contributed by atoms with Gasteiger partial charge in [0.25, 0.3) is 0 Å². The van der Waals surface area contributed by atoms with Crippen molar-refractivity contribution in [2.75, 3.05) is 25.9 Å². The van der Waals surface area contributed by atoms with Crippen LogP contribution in [-0.4, -0.2) is 62.6 Å². The van der Waals surface area contributed by atoms with Gasteiger partial charge in [0, 0.05) is 13.1 Å². The minimum atomic E-state index is -3.30. The van der Waals surface area contributed by atoms with E-state index in [-0.39, 0.29) is 13.1 Å². The predicted molar refractivity (Wildman–Crippen MR) is 57.9 cm³/mol. The van der Waals surface area contributed by atoms with Crippen LogP contribution in [0.3, 0.4) is 0 Å². The molecule has 10 heteroatoms. The molecule has 0 aliphatic rings. The molecule has 0 aliphatic carbocycles. The van der Waals surface area contributed by atoms with E-state index in [2.05, 4.69) is 15.4 Å². The number of aliphatic carboxylic acids is 1. The maximum absolute atomic E-state index is 11.0. The topological polar surface area (TPSA) is 145 Å². The molecule has 17 heavy (non-hydrogen) atoms. The van der Waals surface area contributed by atoms with E-state index in [1.807, 2.05) is 0 Å². The number of hydrogen-bond donors (Lipinski definition) is 5. The van der Waals surface area contributed by atoms with Gasteiger partial charge in [-0.1, -0.05) is 0 Å². The van der Waals surface area contributed by atoms with Crippen LogP contribution < -0.4 is 15.4 Å². The molecular formula is C7H15N3O6S. The molecule has 0 bridgehead atoms. The average molecular weight is 269 g/mol. The first-order chi connectivity index (χ1) is 7.72. The number of urea groups is 1. The first-order valence-electron chi connectivity index (χ1n) is 4.59. The number of carbonyl (C=O) groups is 2. The molecule has 0 aliphatic heterocycles. The van der Waals surface area contributed by atoms with Crippen molar-refractivity contribution in [3.63, 3.8) is 0 Å². The Morgan fingerprint density at radius 2 is 1.82 bits per heavy atom. The second kappa shape index (κ2) is 7.04. The number of aliphatic hydroxyl groups is 1. The lowest BCUT2D eigenvalue weighted by Gasteiger charge is -2.09. The molecule has 0 saturated heterocycles. The van der Waals surface area contributed by atoms with Gasteiger partial charge in [-0.2, -0.15) is 0 Å². The molecule has 0 aromatic heterocycles. The van der Waals surface area contributed by atoms with Crippen LogP contribution in [0, 0.1) is 0 Å². The Labute approximate surface area is 98.3 Å². The quantitative estimate of drug-likeness (QED) is 0.317. The molecule has 0 aromatic carbocycles. The monoisotopic (exact) mass is 269 g/mol. The average Bonchev–Trinajstić information content (AvgIpc) is 2.19. The zero-order chi connectivity index (χ0) is 13.5. The number of carboxylic acids is 1. The number of amides is 2. The number of carboxylic acid groups (broad SMARTS) is 1. The summed E-state index contributed by atoms with van der Waals surface area (Å²) in [5.74, 6) is -1.44. The summed E-state index contributed by atoms with van der Waals surface area (Å²) >= 11 is 0. The third kappa shape index (κ3) is 9.53. The summed E-state index contributed by atoms with van der Waals surface area (Å²) in [5.41, 5.74) is 0. The first-order valence-corrected chi connectivity index (χ1v) is 6.48. The standard InChI is InChI=1S/C7H15N3O6S/c1-17(15,16)10-3-2-8-7(14)9-4-5(11)6(12)13/h5,10-11H,2-4H2,1H3,(H,12,13)(H2,8,9,14)/t5-/m0/s1. The summed E-state index contributed by atoms with van der Waals surface area (Å²) in [6.07, 6.45) is -0.689. The van der Waals surface area contributed by atoms with Crippen molar-refractivity contribution in [1.29, 1.82) is 0 Å². The maximum atomic E-state index is 11.0. The van der Waals surface area contributed by atoms with Crippen LogP contribution in [0.25, 0.3) is 0 Å². The van der Waals surface area contributed by atoms with Gasteiger partial charge in [-0.3, -0.25) is 0 Å². The van der Waals surface area contributed by atoms with E-state index in [4.69, 9.17) is 10.2 Å². The normalized spacial score (nSPS) is 12.8. The van der Waals surface area contributed by atoms with Gasteiger partial charge >= 0.3 is 12.0 Å². The van der Waals surface area contributed by atoms with E-state index >= 15 is 0 Å². The van der Waals surface area contributed by atoms with Crippen LogP contribution in [0.15, 0.2) is 0 Å². The van der Waals surface area contributed by atoms with Crippen molar-refractivity contribution in [3.8, 4) is 0 Å². The van der Waals surface area contributed by atoms with E-state index in [1.54, 1.807) is 0 Å². The van der Waals surface area contributed by atoms with Crippen LogP contribution in [0.5, 0.6) is 0 Å².